The molecule has 1 atom stereocenters. The van der Waals surface area contributed by atoms with Crippen LogP contribution in [0.3, 0.4) is 0 Å². The molecule has 27 heavy (non-hydrogen) atoms. The average molecular weight is 391 g/mol. The third-order valence-electron chi connectivity index (χ3n) is 4.32. The first-order valence-corrected chi connectivity index (χ1v) is 10.7. The molecule has 1 fully saturated rings. The summed E-state index contributed by atoms with van der Waals surface area (Å²) in [6.45, 7) is 4.65. The number of piperidine rings is 1. The van der Waals surface area contributed by atoms with Gasteiger partial charge >= 0.3 is 0 Å². The first-order chi connectivity index (χ1) is 12.9. The molecular weight excluding hydrogens is 366 g/mol. The summed E-state index contributed by atoms with van der Waals surface area (Å²) < 4.78 is 38.2. The average Bonchev–Trinajstić information content (AvgIpc) is 2.62. The molecule has 7 nitrogen and oxygen atoms in total. The largest absolute Gasteiger partial charge is 0.492 e. The molecule has 1 aliphatic rings. The highest BCUT2D eigenvalue weighted by Gasteiger charge is 2.30. The maximum absolute atomic E-state index is 12.6. The van der Waals surface area contributed by atoms with Crippen LogP contribution in [-0.2, 0) is 10.0 Å². The maximum atomic E-state index is 12.6. The van der Waals surface area contributed by atoms with Gasteiger partial charge in [-0.15, -0.1) is 0 Å². The minimum atomic E-state index is -3.40. The number of benzene rings is 1. The fraction of sp³-hybridized carbons (Fsp3) is 0.474. The van der Waals surface area contributed by atoms with Gasteiger partial charge in [0.25, 0.3) is 0 Å². The molecule has 0 saturated carbocycles. The molecule has 1 unspecified atom stereocenters. The van der Waals surface area contributed by atoms with Gasteiger partial charge in [-0.2, -0.15) is 9.29 Å². The molecule has 146 valence electrons. The van der Waals surface area contributed by atoms with Crippen LogP contribution in [0.15, 0.2) is 36.4 Å². The molecule has 0 aliphatic carbocycles. The van der Waals surface area contributed by atoms with Crippen LogP contribution >= 0.6 is 0 Å². The Morgan fingerprint density at radius 3 is 2.70 bits per heavy atom. The van der Waals surface area contributed by atoms with Crippen LogP contribution in [0.4, 0.5) is 0 Å². The minimum Gasteiger partial charge on any atom is -0.492 e. The molecule has 2 heterocycles. The van der Waals surface area contributed by atoms with Gasteiger partial charge in [0.1, 0.15) is 24.3 Å². The van der Waals surface area contributed by atoms with E-state index >= 15 is 0 Å². The number of hydrogen-bond donors (Lipinski definition) is 0. The molecule has 1 saturated heterocycles. The summed E-state index contributed by atoms with van der Waals surface area (Å²) in [6, 6.07) is 11.0. The molecule has 0 N–H and O–H groups in total. The molecule has 1 aliphatic heterocycles. The zero-order valence-electron chi connectivity index (χ0n) is 15.7. The number of rotatable bonds is 7. The van der Waals surface area contributed by atoms with E-state index < -0.39 is 10.0 Å². The van der Waals surface area contributed by atoms with Crippen LogP contribution in [0, 0.1) is 13.8 Å². The van der Waals surface area contributed by atoms with Crippen LogP contribution in [0.5, 0.6) is 11.6 Å². The Hall–Kier alpha value is -2.19. The number of ether oxygens (including phenoxy) is 2. The number of para-hydroxylation sites is 1. The Bertz CT molecular complexity index is 838. The van der Waals surface area contributed by atoms with E-state index in [2.05, 4.69) is 9.97 Å². The summed E-state index contributed by atoms with van der Waals surface area (Å²) in [7, 11) is -3.40. The number of nitrogens with zero attached hydrogens (tertiary/aromatic N) is 3. The molecule has 8 heteroatoms. The number of aromatic nitrogens is 2. The van der Waals surface area contributed by atoms with Gasteiger partial charge in [0.2, 0.25) is 15.9 Å². The van der Waals surface area contributed by atoms with Crippen molar-refractivity contribution in [2.24, 2.45) is 0 Å². The SMILES string of the molecule is Cc1cc(OC2CCCN(S(=O)(=O)CCOc3ccccc3)C2)nc(C)n1. The van der Waals surface area contributed by atoms with E-state index in [0.29, 0.717) is 30.5 Å². The second-order valence-electron chi connectivity index (χ2n) is 6.61. The highest BCUT2D eigenvalue weighted by atomic mass is 32.2. The number of sulfonamides is 1. The van der Waals surface area contributed by atoms with Gasteiger partial charge in [-0.3, -0.25) is 0 Å². The van der Waals surface area contributed by atoms with Crippen LogP contribution in [0.1, 0.15) is 24.4 Å². The van der Waals surface area contributed by atoms with Crippen molar-refractivity contribution in [2.75, 3.05) is 25.4 Å². The van der Waals surface area contributed by atoms with Gasteiger partial charge in [-0.1, -0.05) is 18.2 Å². The van der Waals surface area contributed by atoms with E-state index in [1.807, 2.05) is 44.2 Å². The third-order valence-corrected chi connectivity index (χ3v) is 6.12. The zero-order chi connectivity index (χ0) is 19.3. The van der Waals surface area contributed by atoms with E-state index in [1.54, 1.807) is 6.07 Å². The number of aryl methyl sites for hydroxylation is 2. The summed E-state index contributed by atoms with van der Waals surface area (Å²) in [4.78, 5) is 8.51. The Kier molecular flexibility index (Phi) is 6.28. The molecule has 0 spiro atoms. The van der Waals surface area contributed by atoms with Gasteiger partial charge in [0, 0.05) is 18.3 Å². The highest BCUT2D eigenvalue weighted by molar-refractivity contribution is 7.89. The third kappa shape index (κ3) is 5.64. The predicted molar refractivity (Wildman–Crippen MR) is 102 cm³/mol. The van der Waals surface area contributed by atoms with Crippen LogP contribution in [0.25, 0.3) is 0 Å². The Morgan fingerprint density at radius 2 is 1.96 bits per heavy atom. The van der Waals surface area contributed by atoms with Crippen molar-refractivity contribution < 1.29 is 17.9 Å². The molecule has 1 aromatic carbocycles. The molecule has 0 radical (unpaired) electrons. The van der Waals surface area contributed by atoms with Crippen molar-refractivity contribution in [3.8, 4) is 11.6 Å². The van der Waals surface area contributed by atoms with Gasteiger partial charge in [0.05, 0.1) is 12.3 Å². The first-order valence-electron chi connectivity index (χ1n) is 9.07. The van der Waals surface area contributed by atoms with E-state index in [1.165, 1.54) is 4.31 Å². The lowest BCUT2D eigenvalue weighted by molar-refractivity contribution is 0.124. The Morgan fingerprint density at radius 1 is 1.19 bits per heavy atom. The first kappa shape index (κ1) is 19.6. The van der Waals surface area contributed by atoms with Crippen molar-refractivity contribution in [2.45, 2.75) is 32.8 Å². The van der Waals surface area contributed by atoms with Gasteiger partial charge < -0.3 is 9.47 Å². The normalized spacial score (nSPS) is 18.2. The summed E-state index contributed by atoms with van der Waals surface area (Å²) in [5, 5.41) is 0. The lowest BCUT2D eigenvalue weighted by Crippen LogP contribution is -2.45. The van der Waals surface area contributed by atoms with Crippen LogP contribution in [0.2, 0.25) is 0 Å². The fourth-order valence-corrected chi connectivity index (χ4v) is 4.43. The lowest BCUT2D eigenvalue weighted by atomic mass is 10.1. The van der Waals surface area contributed by atoms with Crippen molar-refractivity contribution in [1.29, 1.82) is 0 Å². The molecular formula is C19H25N3O4S. The molecule has 1 aromatic heterocycles. The monoisotopic (exact) mass is 391 g/mol. The van der Waals surface area contributed by atoms with E-state index in [4.69, 9.17) is 9.47 Å². The Labute approximate surface area is 160 Å². The predicted octanol–water partition coefficient (Wildman–Crippen LogP) is 2.35. The van der Waals surface area contributed by atoms with E-state index in [0.717, 1.165) is 18.5 Å². The lowest BCUT2D eigenvalue weighted by Gasteiger charge is -2.31. The van der Waals surface area contributed by atoms with Crippen LogP contribution < -0.4 is 9.47 Å². The molecule has 0 bridgehead atoms. The second kappa shape index (κ2) is 8.67. The Balaban J connectivity index is 1.55. The van der Waals surface area contributed by atoms with Crippen molar-refractivity contribution in [3.05, 3.63) is 47.9 Å². The van der Waals surface area contributed by atoms with Gasteiger partial charge in [-0.05, 0) is 38.8 Å². The van der Waals surface area contributed by atoms with Crippen molar-refractivity contribution >= 4 is 10.0 Å². The standard InChI is InChI=1S/C19H25N3O4S/c1-15-13-19(21-16(2)20-15)26-18-9-6-10-22(14-18)27(23,24)12-11-25-17-7-4-3-5-8-17/h3-5,7-8,13,18H,6,9-12,14H2,1-2H3. The second-order valence-corrected chi connectivity index (χ2v) is 8.70. The van der Waals surface area contributed by atoms with Gasteiger partial charge in [-0.25, -0.2) is 13.4 Å². The summed E-state index contributed by atoms with van der Waals surface area (Å²) in [5.41, 5.74) is 0.829. The minimum absolute atomic E-state index is 0.0552. The summed E-state index contributed by atoms with van der Waals surface area (Å²) in [6.07, 6.45) is 1.35. The summed E-state index contributed by atoms with van der Waals surface area (Å²) >= 11 is 0. The fourth-order valence-electron chi connectivity index (χ4n) is 3.08. The summed E-state index contributed by atoms with van der Waals surface area (Å²) in [5.74, 6) is 1.75. The molecule has 3 rings (SSSR count). The maximum Gasteiger partial charge on any atom is 0.217 e. The highest BCUT2D eigenvalue weighted by Crippen LogP contribution is 2.20. The van der Waals surface area contributed by atoms with E-state index in [9.17, 15) is 8.42 Å². The zero-order valence-corrected chi connectivity index (χ0v) is 16.5. The topological polar surface area (TPSA) is 81.6 Å². The van der Waals surface area contributed by atoms with Crippen LogP contribution in [-0.4, -0.2) is 54.2 Å². The van der Waals surface area contributed by atoms with E-state index in [-0.39, 0.29) is 18.5 Å². The van der Waals surface area contributed by atoms with Crippen molar-refractivity contribution in [1.82, 2.24) is 14.3 Å². The van der Waals surface area contributed by atoms with Gasteiger partial charge in [0.15, 0.2) is 0 Å². The smallest absolute Gasteiger partial charge is 0.217 e. The molecule has 0 amide bonds. The quantitative estimate of drug-likeness (QED) is 0.721. The number of hydrogen-bond acceptors (Lipinski definition) is 6. The molecule has 2 aromatic rings. The van der Waals surface area contributed by atoms with Crippen molar-refractivity contribution in [3.63, 3.8) is 0 Å².